The first kappa shape index (κ1) is 17.2. The first-order valence-corrected chi connectivity index (χ1v) is 8.84. The summed E-state index contributed by atoms with van der Waals surface area (Å²) in [6, 6.07) is 1.90. The standard InChI is InChI=1S/C17H25NO3S/c1-11-9-14(12(2)22-11)16(20)7-8-17(21)18-10-13-5-3-4-6-15(13)19/h9,13,15,19H,3-8,10H2,1-2H3,(H,18,21)/t13-,15-/m0/s1. The maximum absolute atomic E-state index is 12.1. The van der Waals surface area contributed by atoms with Gasteiger partial charge in [0.05, 0.1) is 6.10 Å². The van der Waals surface area contributed by atoms with Gasteiger partial charge >= 0.3 is 0 Å². The van der Waals surface area contributed by atoms with E-state index in [2.05, 4.69) is 5.32 Å². The second-order valence-corrected chi connectivity index (χ2v) is 7.63. The molecule has 122 valence electrons. The highest BCUT2D eigenvalue weighted by Gasteiger charge is 2.23. The number of rotatable bonds is 6. The Kier molecular flexibility index (Phi) is 6.15. The fourth-order valence-electron chi connectivity index (χ4n) is 3.03. The van der Waals surface area contributed by atoms with Crippen molar-refractivity contribution >= 4 is 23.0 Å². The molecule has 5 heteroatoms. The fraction of sp³-hybridized carbons (Fsp3) is 0.647. The van der Waals surface area contributed by atoms with Gasteiger partial charge in [-0.3, -0.25) is 9.59 Å². The largest absolute Gasteiger partial charge is 0.393 e. The summed E-state index contributed by atoms with van der Waals surface area (Å²) in [5, 5.41) is 12.7. The third-order valence-corrected chi connectivity index (χ3v) is 5.32. The van der Waals surface area contributed by atoms with Crippen molar-refractivity contribution in [1.29, 1.82) is 0 Å². The lowest BCUT2D eigenvalue weighted by Gasteiger charge is -2.27. The van der Waals surface area contributed by atoms with Crippen molar-refractivity contribution in [2.24, 2.45) is 5.92 Å². The van der Waals surface area contributed by atoms with Crippen LogP contribution in [0.3, 0.4) is 0 Å². The molecule has 2 atom stereocenters. The van der Waals surface area contributed by atoms with Gasteiger partial charge in [0, 0.05) is 40.6 Å². The molecule has 1 fully saturated rings. The van der Waals surface area contributed by atoms with E-state index < -0.39 is 0 Å². The van der Waals surface area contributed by atoms with Gasteiger partial charge in [-0.2, -0.15) is 0 Å². The van der Waals surface area contributed by atoms with E-state index in [1.807, 2.05) is 19.9 Å². The molecule has 0 spiro atoms. The number of ketones is 1. The number of nitrogens with one attached hydrogen (secondary N) is 1. The highest BCUT2D eigenvalue weighted by Crippen LogP contribution is 2.24. The molecule has 1 saturated carbocycles. The summed E-state index contributed by atoms with van der Waals surface area (Å²) >= 11 is 1.61. The lowest BCUT2D eigenvalue weighted by Crippen LogP contribution is -2.36. The molecule has 2 N–H and O–H groups in total. The highest BCUT2D eigenvalue weighted by atomic mass is 32.1. The van der Waals surface area contributed by atoms with Crippen LogP contribution in [0, 0.1) is 19.8 Å². The summed E-state index contributed by atoms with van der Waals surface area (Å²) in [6.45, 7) is 4.44. The molecule has 1 aromatic heterocycles. The molecular weight excluding hydrogens is 298 g/mol. The van der Waals surface area contributed by atoms with Crippen LogP contribution in [0.5, 0.6) is 0 Å². The zero-order chi connectivity index (χ0) is 16.1. The number of carbonyl (C=O) groups excluding carboxylic acids is 2. The third kappa shape index (κ3) is 4.65. The Labute approximate surface area is 135 Å². The van der Waals surface area contributed by atoms with Gasteiger partial charge in [-0.1, -0.05) is 12.8 Å². The molecule has 1 heterocycles. The molecule has 1 aliphatic carbocycles. The number of aryl methyl sites for hydroxylation is 2. The number of Topliss-reactive ketones (excluding diaryl/α,β-unsaturated/α-hetero) is 1. The van der Waals surface area contributed by atoms with Crippen LogP contribution in [0.4, 0.5) is 0 Å². The van der Waals surface area contributed by atoms with Crippen LogP contribution in [0.1, 0.15) is 58.6 Å². The zero-order valence-corrected chi connectivity index (χ0v) is 14.2. The SMILES string of the molecule is Cc1cc(C(=O)CCC(=O)NC[C@@H]2CCCC[C@@H]2O)c(C)s1. The van der Waals surface area contributed by atoms with Crippen molar-refractivity contribution in [3.05, 3.63) is 21.4 Å². The quantitative estimate of drug-likeness (QED) is 0.791. The minimum absolute atomic E-state index is 0.0368. The van der Waals surface area contributed by atoms with E-state index in [0.717, 1.165) is 41.0 Å². The van der Waals surface area contributed by atoms with Gasteiger partial charge in [0.1, 0.15) is 0 Å². The molecular formula is C17H25NO3S. The van der Waals surface area contributed by atoms with Crippen molar-refractivity contribution in [3.63, 3.8) is 0 Å². The molecule has 4 nitrogen and oxygen atoms in total. The van der Waals surface area contributed by atoms with Crippen LogP contribution >= 0.6 is 11.3 Å². The predicted molar refractivity (Wildman–Crippen MR) is 88.3 cm³/mol. The zero-order valence-electron chi connectivity index (χ0n) is 13.4. The molecule has 22 heavy (non-hydrogen) atoms. The molecule has 0 aliphatic heterocycles. The summed E-state index contributed by atoms with van der Waals surface area (Å²) in [6.07, 6.45) is 4.15. The van der Waals surface area contributed by atoms with Crippen LogP contribution in [-0.4, -0.2) is 29.4 Å². The first-order chi connectivity index (χ1) is 10.5. The highest BCUT2D eigenvalue weighted by molar-refractivity contribution is 7.12. The molecule has 1 aromatic rings. The summed E-state index contributed by atoms with van der Waals surface area (Å²) in [7, 11) is 0. The summed E-state index contributed by atoms with van der Waals surface area (Å²) in [5.41, 5.74) is 0.748. The van der Waals surface area contributed by atoms with Gasteiger partial charge in [0.25, 0.3) is 0 Å². The van der Waals surface area contributed by atoms with Crippen molar-refractivity contribution in [2.45, 2.75) is 58.5 Å². The summed E-state index contributed by atoms with van der Waals surface area (Å²) in [5.74, 6) is 0.0978. The lowest BCUT2D eigenvalue weighted by molar-refractivity contribution is -0.121. The first-order valence-electron chi connectivity index (χ1n) is 8.02. The van der Waals surface area contributed by atoms with Crippen LogP contribution in [0.2, 0.25) is 0 Å². The number of aliphatic hydroxyl groups excluding tert-OH is 1. The minimum Gasteiger partial charge on any atom is -0.393 e. The number of hydrogen-bond acceptors (Lipinski definition) is 4. The molecule has 0 unspecified atom stereocenters. The van der Waals surface area contributed by atoms with Crippen molar-refractivity contribution in [3.8, 4) is 0 Å². The van der Waals surface area contributed by atoms with Gasteiger partial charge in [0.2, 0.25) is 5.91 Å². The van der Waals surface area contributed by atoms with Crippen molar-refractivity contribution in [2.75, 3.05) is 6.54 Å². The molecule has 1 aliphatic rings. The van der Waals surface area contributed by atoms with Crippen LogP contribution < -0.4 is 5.32 Å². The molecule has 0 saturated heterocycles. The molecule has 1 amide bonds. The van der Waals surface area contributed by atoms with E-state index >= 15 is 0 Å². The molecule has 2 rings (SSSR count). The maximum atomic E-state index is 12.1. The predicted octanol–water partition coefficient (Wildman–Crippen LogP) is 3.00. The van der Waals surface area contributed by atoms with E-state index in [9.17, 15) is 14.7 Å². The van der Waals surface area contributed by atoms with Crippen molar-refractivity contribution < 1.29 is 14.7 Å². The second kappa shape index (κ2) is 7.88. The number of amides is 1. The topological polar surface area (TPSA) is 66.4 Å². The number of thiophene rings is 1. The van der Waals surface area contributed by atoms with Gasteiger partial charge in [-0.15, -0.1) is 11.3 Å². The van der Waals surface area contributed by atoms with Gasteiger partial charge in [-0.25, -0.2) is 0 Å². The third-order valence-electron chi connectivity index (χ3n) is 4.35. The van der Waals surface area contributed by atoms with Crippen molar-refractivity contribution in [1.82, 2.24) is 5.32 Å². The molecule has 0 radical (unpaired) electrons. The number of carbonyl (C=O) groups is 2. The van der Waals surface area contributed by atoms with E-state index in [1.165, 1.54) is 0 Å². The Morgan fingerprint density at radius 3 is 2.64 bits per heavy atom. The second-order valence-electron chi connectivity index (χ2n) is 6.17. The fourth-order valence-corrected chi connectivity index (χ4v) is 3.97. The van der Waals surface area contributed by atoms with Gasteiger partial charge in [-0.05, 0) is 32.8 Å². The van der Waals surface area contributed by atoms with E-state index in [-0.39, 0.29) is 36.6 Å². The molecule has 0 bridgehead atoms. The lowest BCUT2D eigenvalue weighted by atomic mass is 9.86. The monoisotopic (exact) mass is 323 g/mol. The Morgan fingerprint density at radius 1 is 1.27 bits per heavy atom. The minimum atomic E-state index is -0.299. The Balaban J connectivity index is 1.73. The van der Waals surface area contributed by atoms with Gasteiger partial charge in [0.15, 0.2) is 5.78 Å². The number of hydrogen-bond donors (Lipinski definition) is 2. The average Bonchev–Trinajstić information content (AvgIpc) is 2.82. The van der Waals surface area contributed by atoms with E-state index in [1.54, 1.807) is 11.3 Å². The normalized spacial score (nSPS) is 21.6. The Morgan fingerprint density at radius 2 is 2.00 bits per heavy atom. The van der Waals surface area contributed by atoms with E-state index in [4.69, 9.17) is 0 Å². The Bertz CT molecular complexity index is 538. The van der Waals surface area contributed by atoms with Crippen LogP contribution in [0.15, 0.2) is 6.07 Å². The summed E-state index contributed by atoms with van der Waals surface area (Å²) < 4.78 is 0. The molecule has 0 aromatic carbocycles. The smallest absolute Gasteiger partial charge is 0.220 e. The number of aliphatic hydroxyl groups is 1. The van der Waals surface area contributed by atoms with E-state index in [0.29, 0.717) is 6.54 Å². The Hall–Kier alpha value is -1.20. The maximum Gasteiger partial charge on any atom is 0.220 e. The van der Waals surface area contributed by atoms with Crippen LogP contribution in [-0.2, 0) is 4.79 Å². The average molecular weight is 323 g/mol. The van der Waals surface area contributed by atoms with Crippen LogP contribution in [0.25, 0.3) is 0 Å². The summed E-state index contributed by atoms with van der Waals surface area (Å²) in [4.78, 5) is 26.1. The van der Waals surface area contributed by atoms with Gasteiger partial charge < -0.3 is 10.4 Å².